The molecule has 6 atom stereocenters. The minimum Gasteiger partial charge on any atom is -0.502 e. The SMILES string of the molecule is COc1cc([C@H]2C3=CC[C@@H]4C(=O)N(c5cccc(B(O)O)c5)C(=O)[C@@H]4[C@@H]3C[C@H]3C(=O)N(c4cc(-c5sc6ccc(Cl)cc6c5C)nn4C)C(=O)[C@@]23C)cc(OC)c1O. The van der Waals surface area contributed by atoms with Crippen LogP contribution in [-0.2, 0) is 26.2 Å². The largest absolute Gasteiger partial charge is 0.502 e. The van der Waals surface area contributed by atoms with Gasteiger partial charge in [0.25, 0.3) is 0 Å². The predicted octanol–water partition coefficient (Wildman–Crippen LogP) is 5.10. The van der Waals surface area contributed by atoms with E-state index >= 15 is 9.59 Å². The minimum atomic E-state index is -1.81. The number of aromatic nitrogens is 2. The van der Waals surface area contributed by atoms with E-state index in [9.17, 15) is 24.7 Å². The van der Waals surface area contributed by atoms with Gasteiger partial charge in [-0.2, -0.15) is 5.10 Å². The normalized spacial score (nSPS) is 25.2. The quantitative estimate of drug-likeness (QED) is 0.114. The fourth-order valence-corrected chi connectivity index (χ4v) is 11.3. The highest BCUT2D eigenvalue weighted by atomic mass is 35.5. The Hall–Kier alpha value is -5.48. The summed E-state index contributed by atoms with van der Waals surface area (Å²) in [6, 6.07) is 16.7. The Bertz CT molecular complexity index is 2630. The maximum absolute atomic E-state index is 15.3. The van der Waals surface area contributed by atoms with Crippen molar-refractivity contribution in [3.63, 3.8) is 0 Å². The van der Waals surface area contributed by atoms with E-state index in [-0.39, 0.29) is 47.1 Å². The number of anilines is 2. The molecule has 2 aromatic heterocycles. The van der Waals surface area contributed by atoms with Crippen molar-refractivity contribution in [2.24, 2.45) is 36.1 Å². The molecule has 0 unspecified atom stereocenters. The average Bonchev–Trinajstić information content (AvgIpc) is 3.88. The zero-order valence-electron chi connectivity index (χ0n) is 32.1. The van der Waals surface area contributed by atoms with Crippen LogP contribution in [0.2, 0.25) is 5.02 Å². The number of nitrogens with zero attached hydrogens (tertiary/aromatic N) is 4. The van der Waals surface area contributed by atoms with Crippen molar-refractivity contribution in [3.05, 3.63) is 88.5 Å². The smallest absolute Gasteiger partial charge is 0.488 e. The average molecular weight is 821 g/mol. The Morgan fingerprint density at radius 3 is 2.34 bits per heavy atom. The van der Waals surface area contributed by atoms with Crippen molar-refractivity contribution < 1.29 is 43.8 Å². The van der Waals surface area contributed by atoms with Crippen LogP contribution in [0.4, 0.5) is 11.5 Å². The van der Waals surface area contributed by atoms with Gasteiger partial charge in [-0.3, -0.25) is 28.8 Å². The first kappa shape index (κ1) is 38.1. The Balaban J connectivity index is 1.17. The molecule has 4 aliphatic rings. The first-order valence-corrected chi connectivity index (χ1v) is 20.0. The van der Waals surface area contributed by atoms with Crippen molar-refractivity contribution >= 4 is 80.7 Å². The van der Waals surface area contributed by atoms with Crippen LogP contribution in [0.25, 0.3) is 20.7 Å². The number of carbonyl (C=O) groups is 4. The van der Waals surface area contributed by atoms with E-state index in [2.05, 4.69) is 0 Å². The lowest BCUT2D eigenvalue weighted by Gasteiger charge is -2.49. The van der Waals surface area contributed by atoms with Gasteiger partial charge >= 0.3 is 7.12 Å². The van der Waals surface area contributed by atoms with Crippen LogP contribution in [0, 0.1) is 36.0 Å². The summed E-state index contributed by atoms with van der Waals surface area (Å²) >= 11 is 7.86. The maximum atomic E-state index is 15.3. The van der Waals surface area contributed by atoms with Gasteiger partial charge in [-0.1, -0.05) is 35.4 Å². The highest BCUT2D eigenvalue weighted by molar-refractivity contribution is 7.22. The number of hydrogen-bond donors (Lipinski definition) is 3. The van der Waals surface area contributed by atoms with E-state index in [1.165, 1.54) is 47.3 Å². The summed E-state index contributed by atoms with van der Waals surface area (Å²) in [7, 11) is 2.68. The van der Waals surface area contributed by atoms with E-state index in [1.807, 2.05) is 31.2 Å². The molecule has 9 rings (SSSR count). The van der Waals surface area contributed by atoms with Gasteiger partial charge in [-0.15, -0.1) is 11.3 Å². The van der Waals surface area contributed by atoms with Gasteiger partial charge in [0.05, 0.1) is 48.0 Å². The second kappa shape index (κ2) is 13.5. The molecular formula is C42H38BClN4O9S. The van der Waals surface area contributed by atoms with Crippen LogP contribution in [0.5, 0.6) is 17.2 Å². The summed E-state index contributed by atoms with van der Waals surface area (Å²) in [5.74, 6) is -5.56. The summed E-state index contributed by atoms with van der Waals surface area (Å²) in [5, 5.41) is 37.0. The predicted molar refractivity (Wildman–Crippen MR) is 218 cm³/mol. The molecule has 3 aromatic carbocycles. The van der Waals surface area contributed by atoms with Crippen LogP contribution >= 0.6 is 22.9 Å². The highest BCUT2D eigenvalue weighted by Gasteiger charge is 2.68. The summed E-state index contributed by atoms with van der Waals surface area (Å²) in [5.41, 5.74) is 1.75. The number of thiophene rings is 1. The third-order valence-electron chi connectivity index (χ3n) is 12.8. The molecule has 4 heterocycles. The molecule has 2 saturated heterocycles. The number of halogens is 1. The molecule has 2 aliphatic heterocycles. The number of phenols is 1. The van der Waals surface area contributed by atoms with Gasteiger partial charge in [-0.05, 0) is 97.0 Å². The number of amides is 4. The van der Waals surface area contributed by atoms with Crippen LogP contribution < -0.4 is 24.7 Å². The number of rotatable bonds is 7. The van der Waals surface area contributed by atoms with Crippen molar-refractivity contribution in [3.8, 4) is 27.8 Å². The number of benzene rings is 3. The van der Waals surface area contributed by atoms with Gasteiger partial charge in [0.2, 0.25) is 29.4 Å². The zero-order valence-corrected chi connectivity index (χ0v) is 33.7. The van der Waals surface area contributed by atoms with Crippen molar-refractivity contribution in [2.45, 2.75) is 32.6 Å². The van der Waals surface area contributed by atoms with Crippen molar-refractivity contribution in [2.75, 3.05) is 24.0 Å². The van der Waals surface area contributed by atoms with Gasteiger partial charge in [0.15, 0.2) is 11.5 Å². The summed E-state index contributed by atoms with van der Waals surface area (Å²) in [4.78, 5) is 62.1. The number of allylic oxidation sites excluding steroid dienone is 2. The lowest BCUT2D eigenvalue weighted by molar-refractivity contribution is -0.131. The van der Waals surface area contributed by atoms with E-state index in [1.54, 1.807) is 44.3 Å². The molecule has 13 nitrogen and oxygen atoms in total. The molecule has 2 aliphatic carbocycles. The zero-order chi connectivity index (χ0) is 41.1. The number of fused-ring (bicyclic) bond motifs is 5. The lowest BCUT2D eigenvalue weighted by Crippen LogP contribution is -2.49. The number of ether oxygens (including phenoxy) is 2. The molecule has 3 fully saturated rings. The number of hydrogen-bond acceptors (Lipinski definition) is 11. The second-order valence-electron chi connectivity index (χ2n) is 15.6. The van der Waals surface area contributed by atoms with E-state index in [0.29, 0.717) is 16.3 Å². The molecule has 0 spiro atoms. The second-order valence-corrected chi connectivity index (χ2v) is 17.1. The third-order valence-corrected chi connectivity index (χ3v) is 14.3. The molecule has 0 bridgehead atoms. The Kier molecular flexibility index (Phi) is 8.89. The monoisotopic (exact) mass is 820 g/mol. The minimum absolute atomic E-state index is 0.0973. The van der Waals surface area contributed by atoms with Gasteiger partial charge < -0.3 is 24.6 Å². The number of phenolic OH excluding ortho intramolecular Hbond substituents is 1. The van der Waals surface area contributed by atoms with E-state index < -0.39 is 65.8 Å². The molecule has 5 aromatic rings. The van der Waals surface area contributed by atoms with Gasteiger partial charge in [0.1, 0.15) is 11.5 Å². The summed E-state index contributed by atoms with van der Waals surface area (Å²) in [6.07, 6.45) is 2.22. The molecule has 3 N–H and O–H groups in total. The standard InChI is InChI=1S/C42H38BClN4O9S/c1-19-26-16-22(44)9-12-32(26)58-37(19)29-18-33(46(3)45-29)48-39(51)28-17-27-24(35(42(28,2)41(48)53)20-13-30(56-4)36(49)31(14-20)57-5)10-11-25-34(27)40(52)47(38(25)50)23-8-6-7-21(15-23)43(54)55/h6-10,12-16,18,25,27-28,34-35,49,54-55H,11,17H2,1-5H3/t25-,27+,28-,34-,35-,42+/m0/s1. The Labute approximate surface area is 342 Å². The topological polar surface area (TPSA) is 172 Å². The van der Waals surface area contributed by atoms with Gasteiger partial charge in [-0.25, -0.2) is 4.90 Å². The third kappa shape index (κ3) is 5.33. The van der Waals surface area contributed by atoms with Crippen LogP contribution in [0.3, 0.4) is 0 Å². The molecule has 1 saturated carbocycles. The maximum Gasteiger partial charge on any atom is 0.488 e. The molecule has 0 radical (unpaired) electrons. The fourth-order valence-electron chi connectivity index (χ4n) is 9.99. The van der Waals surface area contributed by atoms with E-state index in [4.69, 9.17) is 26.2 Å². The first-order valence-electron chi connectivity index (χ1n) is 18.8. The van der Waals surface area contributed by atoms with Crippen molar-refractivity contribution in [1.82, 2.24) is 9.78 Å². The molecule has 16 heteroatoms. The molecule has 296 valence electrons. The van der Waals surface area contributed by atoms with Crippen molar-refractivity contribution in [1.29, 1.82) is 0 Å². The Morgan fingerprint density at radius 1 is 0.931 bits per heavy atom. The summed E-state index contributed by atoms with van der Waals surface area (Å²) < 4.78 is 13.7. The molecule has 58 heavy (non-hydrogen) atoms. The Morgan fingerprint density at radius 2 is 1.66 bits per heavy atom. The number of aryl methyl sites for hydroxylation is 2. The first-order chi connectivity index (χ1) is 27.7. The number of imide groups is 2. The van der Waals surface area contributed by atoms with Crippen LogP contribution in [-0.4, -0.2) is 69.9 Å². The molecular weight excluding hydrogens is 783 g/mol. The van der Waals surface area contributed by atoms with E-state index in [0.717, 1.165) is 31.0 Å². The summed E-state index contributed by atoms with van der Waals surface area (Å²) in [6.45, 7) is 3.76. The van der Waals surface area contributed by atoms with Crippen LogP contribution in [0.15, 0.2) is 72.3 Å². The number of carbonyl (C=O) groups excluding carboxylic acids is 4. The number of aromatic hydroxyl groups is 1. The van der Waals surface area contributed by atoms with Crippen LogP contribution in [0.1, 0.15) is 36.8 Å². The lowest BCUT2D eigenvalue weighted by atomic mass is 9.51. The highest BCUT2D eigenvalue weighted by Crippen LogP contribution is 2.64. The van der Waals surface area contributed by atoms with Gasteiger partial charge in [0, 0.05) is 28.8 Å². The fraction of sp³-hybridized carbons (Fsp3) is 0.310. The molecule has 4 amide bonds. The number of methoxy groups -OCH3 is 2.